The smallest absolute Gasteiger partial charge is 0.379 e. The van der Waals surface area contributed by atoms with Crippen LogP contribution in [0.4, 0.5) is 13.2 Å². The molecule has 1 aliphatic heterocycles. The van der Waals surface area contributed by atoms with Crippen LogP contribution in [-0.4, -0.2) is 37.9 Å². The topological polar surface area (TPSA) is 47.6 Å². The summed E-state index contributed by atoms with van der Waals surface area (Å²) in [5.74, 6) is 0.305. The van der Waals surface area contributed by atoms with Gasteiger partial charge in [-0.05, 0) is 36.8 Å². The molecule has 1 heterocycles. The van der Waals surface area contributed by atoms with Crippen LogP contribution in [0, 0.1) is 5.92 Å². The Morgan fingerprint density at radius 2 is 2.08 bits per heavy atom. The quantitative estimate of drug-likeness (QED) is 0.852. The number of alkyl halides is 3. The summed E-state index contributed by atoms with van der Waals surface area (Å²) >= 11 is 0. The minimum Gasteiger partial charge on any atom is -0.379 e. The minimum atomic E-state index is -4.41. The number of rotatable bonds is 6. The van der Waals surface area contributed by atoms with Crippen molar-refractivity contribution in [3.8, 4) is 0 Å². The van der Waals surface area contributed by atoms with E-state index in [0.29, 0.717) is 37.7 Å². The summed E-state index contributed by atoms with van der Waals surface area (Å²) in [6.45, 7) is 1.66. The van der Waals surface area contributed by atoms with Crippen LogP contribution in [0.15, 0.2) is 24.3 Å². The zero-order valence-electron chi connectivity index (χ0n) is 13.8. The van der Waals surface area contributed by atoms with Gasteiger partial charge >= 0.3 is 6.18 Å². The first-order valence-electron chi connectivity index (χ1n) is 8.56. The van der Waals surface area contributed by atoms with Crippen molar-refractivity contribution in [1.82, 2.24) is 5.32 Å². The van der Waals surface area contributed by atoms with E-state index in [4.69, 9.17) is 9.47 Å². The van der Waals surface area contributed by atoms with Gasteiger partial charge in [-0.3, -0.25) is 4.79 Å². The molecule has 0 spiro atoms. The van der Waals surface area contributed by atoms with Gasteiger partial charge in [-0.2, -0.15) is 13.2 Å². The lowest BCUT2D eigenvalue weighted by molar-refractivity contribution is -0.137. The Hall–Kier alpha value is -1.60. The maximum absolute atomic E-state index is 12.8. The third-order valence-corrected chi connectivity index (χ3v) is 4.50. The van der Waals surface area contributed by atoms with E-state index in [1.807, 2.05) is 0 Å². The average Bonchev–Trinajstić information content (AvgIpc) is 3.38. The zero-order valence-corrected chi connectivity index (χ0v) is 13.8. The maximum atomic E-state index is 12.8. The number of amides is 1. The lowest BCUT2D eigenvalue weighted by Gasteiger charge is -2.32. The number of carbonyl (C=O) groups excluding carboxylic acids is 1. The first-order chi connectivity index (χ1) is 11.9. The van der Waals surface area contributed by atoms with E-state index in [0.717, 1.165) is 12.1 Å². The molecule has 1 saturated heterocycles. The molecule has 0 aromatic heterocycles. The van der Waals surface area contributed by atoms with Crippen LogP contribution in [0.25, 0.3) is 0 Å². The molecular formula is C18H22F3NO3. The number of hydrogen-bond donors (Lipinski definition) is 1. The molecule has 0 unspecified atom stereocenters. The van der Waals surface area contributed by atoms with Crippen molar-refractivity contribution in [3.05, 3.63) is 35.4 Å². The third kappa shape index (κ3) is 5.44. The Bertz CT molecular complexity index is 601. The highest BCUT2D eigenvalue weighted by Gasteiger charge is 2.32. The Balaban J connectivity index is 1.55. The normalized spacial score (nSPS) is 24.1. The predicted octanol–water partition coefficient (Wildman–Crippen LogP) is 2.95. The van der Waals surface area contributed by atoms with E-state index in [-0.39, 0.29) is 24.5 Å². The van der Waals surface area contributed by atoms with Gasteiger partial charge in [0.2, 0.25) is 5.91 Å². The van der Waals surface area contributed by atoms with E-state index in [9.17, 15) is 18.0 Å². The number of carbonyl (C=O) groups is 1. The Morgan fingerprint density at radius 3 is 2.80 bits per heavy atom. The highest BCUT2D eigenvalue weighted by Crippen LogP contribution is 2.30. The van der Waals surface area contributed by atoms with Crippen molar-refractivity contribution in [2.45, 2.75) is 44.0 Å². The lowest BCUT2D eigenvalue weighted by atomic mass is 10.0. The van der Waals surface area contributed by atoms with Crippen LogP contribution >= 0.6 is 0 Å². The highest BCUT2D eigenvalue weighted by molar-refractivity contribution is 5.79. The second-order valence-corrected chi connectivity index (χ2v) is 6.73. The fourth-order valence-electron chi connectivity index (χ4n) is 2.90. The zero-order chi connectivity index (χ0) is 17.9. The largest absolute Gasteiger partial charge is 0.416 e. The van der Waals surface area contributed by atoms with Crippen LogP contribution in [0.5, 0.6) is 0 Å². The predicted molar refractivity (Wildman–Crippen MR) is 85.0 cm³/mol. The summed E-state index contributed by atoms with van der Waals surface area (Å²) in [6, 6.07) is 4.59. The Morgan fingerprint density at radius 1 is 1.28 bits per heavy atom. The molecule has 3 rings (SSSR count). The van der Waals surface area contributed by atoms with E-state index < -0.39 is 11.7 Å². The Kier molecular flexibility index (Phi) is 5.64. The summed E-state index contributed by atoms with van der Waals surface area (Å²) in [6.07, 6.45) is -1.52. The highest BCUT2D eigenvalue weighted by atomic mass is 19.4. The van der Waals surface area contributed by atoms with Gasteiger partial charge < -0.3 is 14.8 Å². The van der Waals surface area contributed by atoms with Crippen molar-refractivity contribution in [2.24, 2.45) is 5.92 Å². The molecule has 1 aromatic carbocycles. The molecule has 138 valence electrons. The molecular weight excluding hydrogens is 335 g/mol. The number of halogens is 3. The second kappa shape index (κ2) is 7.74. The second-order valence-electron chi connectivity index (χ2n) is 6.73. The van der Waals surface area contributed by atoms with Gasteiger partial charge in [0.25, 0.3) is 0 Å². The van der Waals surface area contributed by atoms with Gasteiger partial charge in [0.1, 0.15) is 0 Å². The van der Waals surface area contributed by atoms with Crippen molar-refractivity contribution in [1.29, 1.82) is 0 Å². The first kappa shape index (κ1) is 18.2. The summed E-state index contributed by atoms with van der Waals surface area (Å²) in [5, 5.41) is 2.85. The number of benzene rings is 1. The standard InChI is InChI=1S/C18H22F3NO3/c19-18(20,21)14-3-1-2-13(8-14)9-17(23)22-15-11-24-7-6-16(15)25-10-12-4-5-12/h1-3,8,12,15-16H,4-7,9-11H2,(H,22,23)/t15-,16+/m1/s1. The number of nitrogens with one attached hydrogen (secondary N) is 1. The molecule has 1 saturated carbocycles. The van der Waals surface area contributed by atoms with Crippen LogP contribution in [-0.2, 0) is 26.9 Å². The van der Waals surface area contributed by atoms with Gasteiger partial charge in [-0.25, -0.2) is 0 Å². The molecule has 1 amide bonds. The Labute approximate surface area is 144 Å². The van der Waals surface area contributed by atoms with E-state index in [1.165, 1.54) is 25.0 Å². The molecule has 1 aliphatic carbocycles. The molecule has 4 nitrogen and oxygen atoms in total. The average molecular weight is 357 g/mol. The van der Waals surface area contributed by atoms with Crippen LogP contribution < -0.4 is 5.32 Å². The van der Waals surface area contributed by atoms with Crippen molar-refractivity contribution in [3.63, 3.8) is 0 Å². The van der Waals surface area contributed by atoms with Gasteiger partial charge in [0.05, 0.1) is 30.7 Å². The summed E-state index contributed by atoms with van der Waals surface area (Å²) in [4.78, 5) is 12.2. The third-order valence-electron chi connectivity index (χ3n) is 4.50. The number of ether oxygens (including phenoxy) is 2. The molecule has 2 atom stereocenters. The molecule has 2 fully saturated rings. The molecule has 0 bridgehead atoms. The van der Waals surface area contributed by atoms with E-state index in [1.54, 1.807) is 0 Å². The van der Waals surface area contributed by atoms with Gasteiger partial charge in [0, 0.05) is 13.2 Å². The van der Waals surface area contributed by atoms with Crippen LogP contribution in [0.2, 0.25) is 0 Å². The van der Waals surface area contributed by atoms with Crippen LogP contribution in [0.3, 0.4) is 0 Å². The maximum Gasteiger partial charge on any atom is 0.416 e. The van der Waals surface area contributed by atoms with Crippen LogP contribution in [0.1, 0.15) is 30.4 Å². The van der Waals surface area contributed by atoms with Crippen molar-refractivity contribution < 1.29 is 27.4 Å². The molecule has 1 aromatic rings. The van der Waals surface area contributed by atoms with E-state index in [2.05, 4.69) is 5.32 Å². The van der Waals surface area contributed by atoms with Gasteiger partial charge in [0.15, 0.2) is 0 Å². The molecule has 25 heavy (non-hydrogen) atoms. The molecule has 0 radical (unpaired) electrons. The van der Waals surface area contributed by atoms with Gasteiger partial charge in [-0.1, -0.05) is 18.2 Å². The summed E-state index contributed by atoms with van der Waals surface area (Å²) in [7, 11) is 0. The summed E-state index contributed by atoms with van der Waals surface area (Å²) < 4.78 is 49.5. The summed E-state index contributed by atoms with van der Waals surface area (Å²) in [5.41, 5.74) is -0.413. The van der Waals surface area contributed by atoms with Gasteiger partial charge in [-0.15, -0.1) is 0 Å². The van der Waals surface area contributed by atoms with E-state index >= 15 is 0 Å². The first-order valence-corrected chi connectivity index (χ1v) is 8.56. The van der Waals surface area contributed by atoms with Crippen molar-refractivity contribution in [2.75, 3.05) is 19.8 Å². The fourth-order valence-corrected chi connectivity index (χ4v) is 2.90. The fraction of sp³-hybridized carbons (Fsp3) is 0.611. The lowest BCUT2D eigenvalue weighted by Crippen LogP contribution is -2.51. The minimum absolute atomic E-state index is 0.0974. The SMILES string of the molecule is O=C(Cc1cccc(C(F)(F)F)c1)N[C@@H]1COCC[C@@H]1OCC1CC1. The molecule has 2 aliphatic rings. The number of hydrogen-bond acceptors (Lipinski definition) is 3. The molecule has 1 N–H and O–H groups in total. The monoisotopic (exact) mass is 357 g/mol. The van der Waals surface area contributed by atoms with Crippen molar-refractivity contribution >= 4 is 5.91 Å². The molecule has 7 heteroatoms.